The second-order valence-electron chi connectivity index (χ2n) is 5.59. The predicted octanol–water partition coefficient (Wildman–Crippen LogP) is 1.97. The largest absolute Gasteiger partial charge is 0.383 e. The Morgan fingerprint density at radius 2 is 2.24 bits per heavy atom. The molecule has 0 aliphatic carbocycles. The predicted molar refractivity (Wildman–Crippen MR) is 79.4 cm³/mol. The first-order valence-corrected chi connectivity index (χ1v) is 7.37. The van der Waals surface area contributed by atoms with Gasteiger partial charge in [-0.1, -0.05) is 25.1 Å². The first kappa shape index (κ1) is 15.9. The van der Waals surface area contributed by atoms with Crippen molar-refractivity contribution in [3.05, 3.63) is 35.6 Å². The molecule has 116 valence electrons. The third kappa shape index (κ3) is 4.02. The molecule has 1 aromatic carbocycles. The van der Waals surface area contributed by atoms with Crippen molar-refractivity contribution in [1.82, 2.24) is 10.2 Å². The molecule has 1 fully saturated rings. The van der Waals surface area contributed by atoms with E-state index in [1.807, 2.05) is 6.07 Å². The molecule has 21 heavy (non-hydrogen) atoms. The molecule has 1 aromatic rings. The minimum atomic E-state index is -0.234. The van der Waals surface area contributed by atoms with E-state index < -0.39 is 0 Å². The summed E-state index contributed by atoms with van der Waals surface area (Å²) in [6.07, 6.45) is 0.810. The molecule has 2 atom stereocenters. The van der Waals surface area contributed by atoms with E-state index in [0.29, 0.717) is 31.2 Å². The summed E-state index contributed by atoms with van der Waals surface area (Å²) in [5.74, 6) is 0.169. The Labute approximate surface area is 125 Å². The number of rotatable bonds is 6. The van der Waals surface area contributed by atoms with Gasteiger partial charge in [0.25, 0.3) is 0 Å². The fraction of sp³-hybridized carbons (Fsp3) is 0.562. The van der Waals surface area contributed by atoms with Crippen molar-refractivity contribution in [3.63, 3.8) is 0 Å². The van der Waals surface area contributed by atoms with Crippen LogP contribution in [-0.2, 0) is 9.53 Å². The number of hydrogen-bond acceptors (Lipinski definition) is 3. The Morgan fingerprint density at radius 3 is 2.95 bits per heavy atom. The van der Waals surface area contributed by atoms with Crippen LogP contribution in [0.15, 0.2) is 24.3 Å². The lowest BCUT2D eigenvalue weighted by Gasteiger charge is -2.25. The molecule has 1 saturated heterocycles. The van der Waals surface area contributed by atoms with Crippen molar-refractivity contribution in [2.75, 3.05) is 33.4 Å². The normalized spacial score (nSPS) is 21.8. The van der Waals surface area contributed by atoms with Crippen LogP contribution in [-0.4, -0.2) is 44.2 Å². The third-order valence-electron chi connectivity index (χ3n) is 3.85. The number of carbonyl (C=O) groups excluding carboxylic acids is 1. The number of methoxy groups -OCH3 is 1. The SMILES string of the molecule is COCCNCC(=O)N1CC(C)CC1c1ccccc1F. The Hall–Kier alpha value is -1.46. The molecule has 0 bridgehead atoms. The maximum absolute atomic E-state index is 14.0. The van der Waals surface area contributed by atoms with Crippen molar-refractivity contribution in [2.45, 2.75) is 19.4 Å². The lowest BCUT2D eigenvalue weighted by atomic mass is 10.0. The lowest BCUT2D eigenvalue weighted by Crippen LogP contribution is -2.39. The van der Waals surface area contributed by atoms with Crippen molar-refractivity contribution >= 4 is 5.91 Å². The van der Waals surface area contributed by atoms with E-state index in [4.69, 9.17) is 4.74 Å². The zero-order chi connectivity index (χ0) is 15.2. The molecular formula is C16H23FN2O2. The van der Waals surface area contributed by atoms with Crippen LogP contribution in [0.5, 0.6) is 0 Å². The molecule has 2 rings (SSSR count). The molecule has 2 unspecified atom stereocenters. The molecule has 0 spiro atoms. The molecule has 0 radical (unpaired) electrons. The quantitative estimate of drug-likeness (QED) is 0.816. The Bertz CT molecular complexity index is 481. The van der Waals surface area contributed by atoms with Crippen molar-refractivity contribution in [2.24, 2.45) is 5.92 Å². The molecule has 1 aliphatic heterocycles. The number of hydrogen-bond donors (Lipinski definition) is 1. The van der Waals surface area contributed by atoms with Crippen LogP contribution in [0.3, 0.4) is 0 Å². The van der Waals surface area contributed by atoms with Crippen molar-refractivity contribution < 1.29 is 13.9 Å². The molecule has 5 heteroatoms. The van der Waals surface area contributed by atoms with Crippen LogP contribution in [0.4, 0.5) is 4.39 Å². The second-order valence-corrected chi connectivity index (χ2v) is 5.59. The highest BCUT2D eigenvalue weighted by molar-refractivity contribution is 5.79. The molecule has 1 N–H and O–H groups in total. The third-order valence-corrected chi connectivity index (χ3v) is 3.85. The molecule has 0 saturated carbocycles. The summed E-state index contributed by atoms with van der Waals surface area (Å²) in [4.78, 5) is 14.1. The average molecular weight is 294 g/mol. The monoisotopic (exact) mass is 294 g/mol. The number of nitrogens with one attached hydrogen (secondary N) is 1. The first-order valence-electron chi connectivity index (χ1n) is 7.37. The van der Waals surface area contributed by atoms with Gasteiger partial charge in [0.1, 0.15) is 5.82 Å². The summed E-state index contributed by atoms with van der Waals surface area (Å²) in [6, 6.07) is 6.57. The zero-order valence-corrected chi connectivity index (χ0v) is 12.6. The van der Waals surface area contributed by atoms with E-state index in [1.54, 1.807) is 24.1 Å². The highest BCUT2D eigenvalue weighted by Gasteiger charge is 2.34. The fourth-order valence-corrected chi connectivity index (χ4v) is 2.83. The topological polar surface area (TPSA) is 41.6 Å². The van der Waals surface area contributed by atoms with Crippen LogP contribution < -0.4 is 5.32 Å². The van der Waals surface area contributed by atoms with E-state index in [0.717, 1.165) is 6.42 Å². The summed E-state index contributed by atoms with van der Waals surface area (Å²) in [6.45, 7) is 4.25. The maximum Gasteiger partial charge on any atom is 0.237 e. The summed E-state index contributed by atoms with van der Waals surface area (Å²) in [5, 5.41) is 3.05. The number of halogens is 1. The molecular weight excluding hydrogens is 271 g/mol. The van der Waals surface area contributed by atoms with Gasteiger partial charge >= 0.3 is 0 Å². The van der Waals surface area contributed by atoms with Crippen LogP contribution in [0.25, 0.3) is 0 Å². The number of carbonyl (C=O) groups is 1. The van der Waals surface area contributed by atoms with E-state index in [-0.39, 0.29) is 24.3 Å². The Kier molecular flexibility index (Phi) is 5.70. The van der Waals surface area contributed by atoms with Gasteiger partial charge in [0.15, 0.2) is 0 Å². The van der Waals surface area contributed by atoms with Crippen molar-refractivity contribution in [1.29, 1.82) is 0 Å². The Balaban J connectivity index is 2.03. The summed E-state index contributed by atoms with van der Waals surface area (Å²) < 4.78 is 18.9. The zero-order valence-electron chi connectivity index (χ0n) is 12.6. The van der Waals surface area contributed by atoms with Crippen LogP contribution >= 0.6 is 0 Å². The van der Waals surface area contributed by atoms with Gasteiger partial charge in [-0.3, -0.25) is 4.79 Å². The standard InChI is InChI=1S/C16H23FN2O2/c1-12-9-15(13-5-3-4-6-14(13)17)19(11-12)16(20)10-18-7-8-21-2/h3-6,12,15,18H,7-11H2,1-2H3. The molecule has 1 aliphatic rings. The van der Waals surface area contributed by atoms with Gasteiger partial charge < -0.3 is 15.0 Å². The van der Waals surface area contributed by atoms with Gasteiger partial charge in [0, 0.05) is 25.8 Å². The smallest absolute Gasteiger partial charge is 0.237 e. The molecule has 4 nitrogen and oxygen atoms in total. The Morgan fingerprint density at radius 1 is 1.48 bits per heavy atom. The van der Waals surface area contributed by atoms with Gasteiger partial charge in [-0.15, -0.1) is 0 Å². The number of likely N-dealkylation sites (tertiary alicyclic amines) is 1. The highest BCUT2D eigenvalue weighted by atomic mass is 19.1. The molecule has 0 aromatic heterocycles. The average Bonchev–Trinajstić information content (AvgIpc) is 2.86. The number of benzene rings is 1. The number of amides is 1. The lowest BCUT2D eigenvalue weighted by molar-refractivity contribution is -0.131. The summed E-state index contributed by atoms with van der Waals surface area (Å²) in [5.41, 5.74) is 0.618. The van der Waals surface area contributed by atoms with Gasteiger partial charge in [0.2, 0.25) is 5.91 Å². The van der Waals surface area contributed by atoms with Crippen LogP contribution in [0, 0.1) is 11.7 Å². The second kappa shape index (κ2) is 7.52. The number of nitrogens with zero attached hydrogens (tertiary/aromatic N) is 1. The van der Waals surface area contributed by atoms with Gasteiger partial charge in [-0.25, -0.2) is 4.39 Å². The van der Waals surface area contributed by atoms with E-state index in [2.05, 4.69) is 12.2 Å². The molecule has 1 heterocycles. The maximum atomic E-state index is 14.0. The highest BCUT2D eigenvalue weighted by Crippen LogP contribution is 2.36. The fourth-order valence-electron chi connectivity index (χ4n) is 2.83. The minimum absolute atomic E-state index is 0.0173. The first-order chi connectivity index (χ1) is 10.1. The minimum Gasteiger partial charge on any atom is -0.383 e. The number of ether oxygens (including phenoxy) is 1. The van der Waals surface area contributed by atoms with Gasteiger partial charge in [-0.05, 0) is 18.4 Å². The van der Waals surface area contributed by atoms with Gasteiger partial charge in [0.05, 0.1) is 19.2 Å². The van der Waals surface area contributed by atoms with Crippen molar-refractivity contribution in [3.8, 4) is 0 Å². The van der Waals surface area contributed by atoms with Crippen LogP contribution in [0.1, 0.15) is 24.9 Å². The molecule has 1 amide bonds. The van der Waals surface area contributed by atoms with Crippen LogP contribution in [0.2, 0.25) is 0 Å². The van der Waals surface area contributed by atoms with E-state index >= 15 is 0 Å². The van der Waals surface area contributed by atoms with E-state index in [1.165, 1.54) is 6.07 Å². The van der Waals surface area contributed by atoms with E-state index in [9.17, 15) is 9.18 Å². The van der Waals surface area contributed by atoms with Gasteiger partial charge in [-0.2, -0.15) is 0 Å². The summed E-state index contributed by atoms with van der Waals surface area (Å²) in [7, 11) is 1.62. The summed E-state index contributed by atoms with van der Waals surface area (Å²) >= 11 is 0.